The summed E-state index contributed by atoms with van der Waals surface area (Å²) in [7, 11) is 1.71. The highest BCUT2D eigenvalue weighted by Crippen LogP contribution is 2.26. The van der Waals surface area contributed by atoms with Crippen molar-refractivity contribution in [3.63, 3.8) is 0 Å². The average Bonchev–Trinajstić information content (AvgIpc) is 2.35. The molecule has 0 aromatic heterocycles. The number of nitrogens with one attached hydrogen (secondary N) is 1. The summed E-state index contributed by atoms with van der Waals surface area (Å²) in [6.45, 7) is 8.76. The van der Waals surface area contributed by atoms with Gasteiger partial charge < -0.3 is 14.8 Å². The van der Waals surface area contributed by atoms with Gasteiger partial charge in [0.1, 0.15) is 5.75 Å². The summed E-state index contributed by atoms with van der Waals surface area (Å²) in [5.74, 6) is 0.986. The molecule has 102 valence electrons. The molecule has 18 heavy (non-hydrogen) atoms. The molecule has 0 saturated carbocycles. The number of hydrogen-bond donors (Lipinski definition) is 1. The molecule has 1 aromatic rings. The molecule has 1 aromatic carbocycles. The van der Waals surface area contributed by atoms with Gasteiger partial charge >= 0.3 is 0 Å². The lowest BCUT2D eigenvalue weighted by molar-refractivity contribution is 0.171. The Balaban J connectivity index is 2.70. The number of hydrogen-bond acceptors (Lipinski definition) is 3. The number of aryl methyl sites for hydroxylation is 1. The Morgan fingerprint density at radius 1 is 1.28 bits per heavy atom. The Labute approximate surface area is 110 Å². The van der Waals surface area contributed by atoms with E-state index in [9.17, 15) is 0 Å². The van der Waals surface area contributed by atoms with Crippen molar-refractivity contribution in [2.75, 3.05) is 26.9 Å². The summed E-state index contributed by atoms with van der Waals surface area (Å²) in [5, 5.41) is 3.42. The van der Waals surface area contributed by atoms with Crippen molar-refractivity contribution >= 4 is 0 Å². The fourth-order valence-corrected chi connectivity index (χ4v) is 1.93. The molecule has 0 aliphatic rings. The lowest BCUT2D eigenvalue weighted by Crippen LogP contribution is -2.18. The molecule has 0 fully saturated rings. The van der Waals surface area contributed by atoms with Crippen molar-refractivity contribution in [3.05, 3.63) is 29.3 Å². The summed E-state index contributed by atoms with van der Waals surface area (Å²) >= 11 is 0. The van der Waals surface area contributed by atoms with Crippen LogP contribution in [0.5, 0.6) is 5.75 Å². The van der Waals surface area contributed by atoms with E-state index in [1.165, 1.54) is 11.1 Å². The van der Waals surface area contributed by atoms with Crippen molar-refractivity contribution in [1.29, 1.82) is 0 Å². The Kier molecular flexibility index (Phi) is 6.76. The lowest BCUT2D eigenvalue weighted by Gasteiger charge is -2.18. The molecule has 1 rings (SSSR count). The first-order chi connectivity index (χ1) is 8.69. The van der Waals surface area contributed by atoms with Crippen molar-refractivity contribution in [2.24, 2.45) is 0 Å². The minimum absolute atomic E-state index is 0.313. The predicted octanol–water partition coefficient (Wildman–Crippen LogP) is 3.08. The molecule has 3 heteroatoms. The summed E-state index contributed by atoms with van der Waals surface area (Å²) in [6, 6.07) is 6.70. The maximum Gasteiger partial charge on any atom is 0.124 e. The molecule has 0 amide bonds. The monoisotopic (exact) mass is 251 g/mol. The average molecular weight is 251 g/mol. The molecule has 1 unspecified atom stereocenters. The quantitative estimate of drug-likeness (QED) is 0.720. The second-order valence-electron chi connectivity index (χ2n) is 4.52. The topological polar surface area (TPSA) is 30.5 Å². The first kappa shape index (κ1) is 15.0. The van der Waals surface area contributed by atoms with Gasteiger partial charge in [-0.2, -0.15) is 0 Å². The van der Waals surface area contributed by atoms with Gasteiger partial charge in [-0.25, -0.2) is 0 Å². The third-order valence-corrected chi connectivity index (χ3v) is 2.90. The molecule has 0 bridgehead atoms. The van der Waals surface area contributed by atoms with E-state index < -0.39 is 0 Å². The third-order valence-electron chi connectivity index (χ3n) is 2.90. The van der Waals surface area contributed by atoms with Crippen LogP contribution in [0.25, 0.3) is 0 Å². The molecule has 0 heterocycles. The van der Waals surface area contributed by atoms with Gasteiger partial charge in [0.15, 0.2) is 0 Å². The zero-order valence-corrected chi connectivity index (χ0v) is 12.0. The van der Waals surface area contributed by atoms with Gasteiger partial charge in [-0.05, 0) is 32.0 Å². The summed E-state index contributed by atoms with van der Waals surface area (Å²) in [6.07, 6.45) is 0.916. The minimum atomic E-state index is 0.313. The number of ether oxygens (including phenoxy) is 2. The normalized spacial score (nSPS) is 12.4. The molecule has 1 N–H and O–H groups in total. The van der Waals surface area contributed by atoms with E-state index in [0.29, 0.717) is 12.6 Å². The van der Waals surface area contributed by atoms with Crippen LogP contribution in [-0.4, -0.2) is 26.9 Å². The number of rotatable bonds is 8. The summed E-state index contributed by atoms with van der Waals surface area (Å²) in [5.41, 5.74) is 2.45. The zero-order chi connectivity index (χ0) is 13.4. The maximum absolute atomic E-state index is 5.87. The number of benzene rings is 1. The van der Waals surface area contributed by atoms with Crippen molar-refractivity contribution in [1.82, 2.24) is 5.32 Å². The Morgan fingerprint density at radius 2 is 2.06 bits per heavy atom. The fraction of sp³-hybridized carbons (Fsp3) is 0.600. The van der Waals surface area contributed by atoms with Gasteiger partial charge in [0.2, 0.25) is 0 Å². The molecule has 0 radical (unpaired) electrons. The molecule has 1 atom stereocenters. The van der Waals surface area contributed by atoms with Gasteiger partial charge in [0.25, 0.3) is 0 Å². The smallest absolute Gasteiger partial charge is 0.124 e. The number of methoxy groups -OCH3 is 1. The van der Waals surface area contributed by atoms with E-state index in [1.54, 1.807) is 7.11 Å². The summed E-state index contributed by atoms with van der Waals surface area (Å²) < 4.78 is 10.9. The second-order valence-corrected chi connectivity index (χ2v) is 4.52. The Morgan fingerprint density at radius 3 is 2.72 bits per heavy atom. The van der Waals surface area contributed by atoms with E-state index in [1.807, 2.05) is 0 Å². The van der Waals surface area contributed by atoms with Crippen LogP contribution in [-0.2, 0) is 4.74 Å². The Bertz CT molecular complexity index is 352. The van der Waals surface area contributed by atoms with Crippen LogP contribution in [0.15, 0.2) is 18.2 Å². The summed E-state index contributed by atoms with van der Waals surface area (Å²) in [4.78, 5) is 0. The fourth-order valence-electron chi connectivity index (χ4n) is 1.93. The van der Waals surface area contributed by atoms with E-state index in [-0.39, 0.29) is 0 Å². The predicted molar refractivity (Wildman–Crippen MR) is 75.3 cm³/mol. The highest BCUT2D eigenvalue weighted by Gasteiger charge is 2.10. The molecule has 0 spiro atoms. The van der Waals surface area contributed by atoms with Crippen LogP contribution >= 0.6 is 0 Å². The molecular formula is C15H25NO2. The van der Waals surface area contributed by atoms with Crippen molar-refractivity contribution < 1.29 is 9.47 Å². The molecule has 0 aliphatic carbocycles. The molecule has 0 saturated heterocycles. The Hall–Kier alpha value is -1.06. The lowest BCUT2D eigenvalue weighted by atomic mass is 10.0. The standard InChI is InChI=1S/C15H25NO2/c1-5-16-13(3)14-8-7-12(2)11-15(14)18-10-6-9-17-4/h7-8,11,13,16H,5-6,9-10H2,1-4H3. The largest absolute Gasteiger partial charge is 0.493 e. The van der Waals surface area contributed by atoms with Crippen LogP contribution in [0.3, 0.4) is 0 Å². The zero-order valence-electron chi connectivity index (χ0n) is 12.0. The van der Waals surface area contributed by atoms with Crippen LogP contribution in [0.4, 0.5) is 0 Å². The van der Waals surface area contributed by atoms with E-state index in [2.05, 4.69) is 44.3 Å². The van der Waals surface area contributed by atoms with Crippen molar-refractivity contribution in [3.8, 4) is 5.75 Å². The second kappa shape index (κ2) is 8.11. The van der Waals surface area contributed by atoms with Gasteiger partial charge in [-0.3, -0.25) is 0 Å². The van der Waals surface area contributed by atoms with Crippen molar-refractivity contribution in [2.45, 2.75) is 33.2 Å². The van der Waals surface area contributed by atoms with E-state index >= 15 is 0 Å². The maximum atomic E-state index is 5.87. The third kappa shape index (κ3) is 4.67. The SMILES string of the molecule is CCNC(C)c1ccc(C)cc1OCCCOC. The van der Waals surface area contributed by atoms with Gasteiger partial charge in [-0.1, -0.05) is 19.1 Å². The first-order valence-electron chi connectivity index (χ1n) is 6.64. The van der Waals surface area contributed by atoms with Gasteiger partial charge in [0.05, 0.1) is 6.61 Å². The van der Waals surface area contributed by atoms with Crippen LogP contribution in [0, 0.1) is 6.92 Å². The highest BCUT2D eigenvalue weighted by molar-refractivity contribution is 5.39. The first-order valence-corrected chi connectivity index (χ1v) is 6.64. The minimum Gasteiger partial charge on any atom is -0.493 e. The molecular weight excluding hydrogens is 226 g/mol. The highest BCUT2D eigenvalue weighted by atomic mass is 16.5. The molecule has 3 nitrogen and oxygen atoms in total. The van der Waals surface area contributed by atoms with Gasteiger partial charge in [0, 0.05) is 31.7 Å². The molecule has 0 aliphatic heterocycles. The van der Waals surface area contributed by atoms with Crippen LogP contribution in [0.1, 0.15) is 37.4 Å². The van der Waals surface area contributed by atoms with Crippen LogP contribution < -0.4 is 10.1 Å². The van der Waals surface area contributed by atoms with Gasteiger partial charge in [-0.15, -0.1) is 0 Å². The van der Waals surface area contributed by atoms with E-state index in [4.69, 9.17) is 9.47 Å². The van der Waals surface area contributed by atoms with Crippen LogP contribution in [0.2, 0.25) is 0 Å². The van der Waals surface area contributed by atoms with E-state index in [0.717, 1.165) is 25.3 Å².